The number of urea groups is 1. The Morgan fingerprint density at radius 1 is 1.35 bits per heavy atom. The Balaban J connectivity index is 1.48. The molecule has 37 heavy (non-hydrogen) atoms. The number of hydrogen-bond donors (Lipinski definition) is 3. The number of allylic oxidation sites excluding steroid dienone is 2. The quantitative estimate of drug-likeness (QED) is 0.498. The molecule has 4 amide bonds. The van der Waals surface area contributed by atoms with Crippen LogP contribution < -0.4 is 15.4 Å². The number of methoxy groups -OCH3 is 1. The van der Waals surface area contributed by atoms with Gasteiger partial charge in [-0.2, -0.15) is 0 Å². The van der Waals surface area contributed by atoms with Crippen molar-refractivity contribution in [3.8, 4) is 5.75 Å². The standard InChI is InChI=1S/C27H26N4O6/c1-4-16(21-12-28-8-7-22(21)32)9-18-10-23(37-15(18)2)27(25(34)29-26(35)30-27)14-31-13-17-5-6-19(36-3)11-20(17)24(31)33/h4-8,10-12,22,32H,1,9,13-14H2,2-3H3,(H2,29,30,34,35)/b21-16-. The third kappa shape index (κ3) is 4.15. The van der Waals surface area contributed by atoms with Gasteiger partial charge in [-0.1, -0.05) is 18.7 Å². The van der Waals surface area contributed by atoms with Crippen LogP contribution in [0.3, 0.4) is 0 Å². The number of aliphatic imine (C=N–C) groups is 1. The van der Waals surface area contributed by atoms with Crippen molar-refractivity contribution in [2.75, 3.05) is 13.7 Å². The highest BCUT2D eigenvalue weighted by Crippen LogP contribution is 2.35. The zero-order valence-electron chi connectivity index (χ0n) is 20.4. The molecule has 1 aromatic carbocycles. The smallest absolute Gasteiger partial charge is 0.322 e. The lowest BCUT2D eigenvalue weighted by Gasteiger charge is -2.29. The van der Waals surface area contributed by atoms with Crippen molar-refractivity contribution in [3.05, 3.63) is 88.6 Å². The van der Waals surface area contributed by atoms with E-state index in [0.29, 0.717) is 29.1 Å². The highest BCUT2D eigenvalue weighted by atomic mass is 16.5. The zero-order chi connectivity index (χ0) is 26.3. The van der Waals surface area contributed by atoms with Gasteiger partial charge in [0.05, 0.1) is 13.7 Å². The number of carbonyl (C=O) groups excluding carboxylic acids is 3. The molecule has 10 nitrogen and oxygen atoms in total. The average molecular weight is 503 g/mol. The highest BCUT2D eigenvalue weighted by Gasteiger charge is 2.53. The summed E-state index contributed by atoms with van der Waals surface area (Å²) in [6.07, 6.45) is 5.85. The molecule has 3 aliphatic rings. The molecule has 5 rings (SSSR count). The Hall–Kier alpha value is -4.44. The van der Waals surface area contributed by atoms with Crippen LogP contribution in [0.1, 0.15) is 33.0 Å². The Bertz CT molecular complexity index is 1420. The summed E-state index contributed by atoms with van der Waals surface area (Å²) in [6.45, 7) is 5.76. The number of nitrogens with zero attached hydrogens (tertiary/aromatic N) is 2. The van der Waals surface area contributed by atoms with E-state index in [9.17, 15) is 19.5 Å². The molecular formula is C27H26N4O6. The lowest BCUT2D eigenvalue weighted by Crippen LogP contribution is -2.52. The third-order valence-corrected chi connectivity index (χ3v) is 6.89. The second-order valence-corrected chi connectivity index (χ2v) is 9.12. The van der Waals surface area contributed by atoms with Crippen molar-refractivity contribution >= 4 is 24.1 Å². The summed E-state index contributed by atoms with van der Waals surface area (Å²) < 4.78 is 11.3. The predicted molar refractivity (Wildman–Crippen MR) is 134 cm³/mol. The van der Waals surface area contributed by atoms with Crippen molar-refractivity contribution in [1.82, 2.24) is 15.5 Å². The van der Waals surface area contributed by atoms with Crippen LogP contribution in [0.2, 0.25) is 0 Å². The number of hydrogen-bond acceptors (Lipinski definition) is 7. The minimum atomic E-state index is -1.61. The number of carbonyl (C=O) groups is 3. The molecule has 0 aliphatic carbocycles. The van der Waals surface area contributed by atoms with E-state index in [4.69, 9.17) is 9.15 Å². The van der Waals surface area contributed by atoms with Gasteiger partial charge in [0.1, 0.15) is 23.4 Å². The van der Waals surface area contributed by atoms with Crippen LogP contribution >= 0.6 is 0 Å². The van der Waals surface area contributed by atoms with Crippen LogP contribution in [-0.4, -0.2) is 53.8 Å². The Labute approximate surface area is 213 Å². The van der Waals surface area contributed by atoms with Gasteiger partial charge in [-0.25, -0.2) is 4.79 Å². The van der Waals surface area contributed by atoms with E-state index in [2.05, 4.69) is 22.2 Å². The highest BCUT2D eigenvalue weighted by molar-refractivity contribution is 6.08. The molecule has 190 valence electrons. The van der Waals surface area contributed by atoms with Crippen molar-refractivity contribution in [2.24, 2.45) is 4.99 Å². The first-order valence-corrected chi connectivity index (χ1v) is 11.7. The molecule has 3 N–H and O–H groups in total. The minimum Gasteiger partial charge on any atom is -0.497 e. The van der Waals surface area contributed by atoms with Gasteiger partial charge in [-0.05, 0) is 47.9 Å². The van der Waals surface area contributed by atoms with Gasteiger partial charge in [0, 0.05) is 36.5 Å². The molecule has 0 spiro atoms. The molecule has 0 radical (unpaired) electrons. The molecule has 2 unspecified atom stereocenters. The molecule has 0 saturated carbocycles. The van der Waals surface area contributed by atoms with Crippen LogP contribution in [0.5, 0.6) is 5.75 Å². The van der Waals surface area contributed by atoms with Crippen LogP contribution in [0.4, 0.5) is 4.79 Å². The summed E-state index contributed by atoms with van der Waals surface area (Å²) in [7, 11) is 1.52. The predicted octanol–water partition coefficient (Wildman–Crippen LogP) is 2.27. The molecule has 2 aromatic rings. The molecule has 2 atom stereocenters. The van der Waals surface area contributed by atoms with Crippen molar-refractivity contribution < 1.29 is 28.6 Å². The number of ether oxygens (including phenoxy) is 1. The summed E-state index contributed by atoms with van der Waals surface area (Å²) in [5, 5.41) is 15.3. The molecule has 10 heteroatoms. The van der Waals surface area contributed by atoms with Crippen molar-refractivity contribution in [1.29, 1.82) is 0 Å². The zero-order valence-corrected chi connectivity index (χ0v) is 20.4. The van der Waals surface area contributed by atoms with Crippen LogP contribution in [0, 0.1) is 6.92 Å². The van der Waals surface area contributed by atoms with Crippen LogP contribution in [-0.2, 0) is 23.3 Å². The third-order valence-electron chi connectivity index (χ3n) is 6.89. The number of aliphatic hydroxyl groups excluding tert-OH is 1. The number of aryl methyl sites for hydroxylation is 1. The Kier molecular flexibility index (Phi) is 6.04. The fourth-order valence-corrected chi connectivity index (χ4v) is 4.85. The first kappa shape index (κ1) is 24.3. The lowest BCUT2D eigenvalue weighted by atomic mass is 9.93. The minimum absolute atomic E-state index is 0.127. The summed E-state index contributed by atoms with van der Waals surface area (Å²) in [5.41, 5.74) is 1.76. The normalized spacial score (nSPS) is 23.7. The lowest BCUT2D eigenvalue weighted by molar-refractivity contribution is -0.125. The topological polar surface area (TPSA) is 133 Å². The van der Waals surface area contributed by atoms with Gasteiger partial charge < -0.3 is 24.5 Å². The van der Waals surface area contributed by atoms with E-state index < -0.39 is 23.6 Å². The Morgan fingerprint density at radius 3 is 2.84 bits per heavy atom. The van der Waals surface area contributed by atoms with Crippen LogP contribution in [0.25, 0.3) is 0 Å². The van der Waals surface area contributed by atoms with Gasteiger partial charge in [-0.3, -0.25) is 19.9 Å². The largest absolute Gasteiger partial charge is 0.497 e. The van der Waals surface area contributed by atoms with E-state index >= 15 is 0 Å². The average Bonchev–Trinajstić information content (AvgIpc) is 3.50. The second kappa shape index (κ2) is 9.21. The maximum atomic E-state index is 13.2. The maximum Gasteiger partial charge on any atom is 0.322 e. The van der Waals surface area contributed by atoms with E-state index in [0.717, 1.165) is 16.7 Å². The number of rotatable bonds is 7. The van der Waals surface area contributed by atoms with Crippen molar-refractivity contribution in [2.45, 2.75) is 31.5 Å². The van der Waals surface area contributed by atoms with E-state index in [-0.39, 0.29) is 24.8 Å². The van der Waals surface area contributed by atoms with Gasteiger partial charge in [0.2, 0.25) is 0 Å². The number of furan rings is 1. The Morgan fingerprint density at radius 2 is 2.16 bits per heavy atom. The first-order valence-electron chi connectivity index (χ1n) is 11.7. The molecule has 3 aliphatic heterocycles. The molecular weight excluding hydrogens is 476 g/mol. The molecule has 1 aromatic heterocycles. The number of fused-ring (bicyclic) bond motifs is 1. The van der Waals surface area contributed by atoms with E-state index in [1.54, 1.807) is 43.5 Å². The van der Waals surface area contributed by atoms with Gasteiger partial charge in [0.25, 0.3) is 11.8 Å². The summed E-state index contributed by atoms with van der Waals surface area (Å²) in [6, 6.07) is 6.27. The van der Waals surface area contributed by atoms with Gasteiger partial charge in [0.15, 0.2) is 5.54 Å². The number of aliphatic hydroxyl groups is 1. The number of imide groups is 1. The molecule has 0 bridgehead atoms. The first-order chi connectivity index (χ1) is 17.8. The van der Waals surface area contributed by atoms with E-state index in [1.165, 1.54) is 18.2 Å². The van der Waals surface area contributed by atoms with Gasteiger partial charge >= 0.3 is 6.03 Å². The fraction of sp³-hybridized carbons (Fsp3) is 0.259. The number of nitrogens with one attached hydrogen (secondary N) is 2. The van der Waals surface area contributed by atoms with Gasteiger partial charge in [-0.15, -0.1) is 0 Å². The summed E-state index contributed by atoms with van der Waals surface area (Å²) in [5.74, 6) is 0.403. The summed E-state index contributed by atoms with van der Waals surface area (Å²) in [4.78, 5) is 44.3. The van der Waals surface area contributed by atoms with Crippen molar-refractivity contribution in [3.63, 3.8) is 0 Å². The SMILES string of the molecule is C=C/C(Cc1cc(C2(CN3Cc4ccc(OC)cc4C3=O)NC(=O)NC2=O)oc1C)=C1\C=NC=CC1O. The number of benzene rings is 1. The number of amides is 4. The summed E-state index contributed by atoms with van der Waals surface area (Å²) >= 11 is 0. The molecule has 4 heterocycles. The van der Waals surface area contributed by atoms with Crippen LogP contribution in [0.15, 0.2) is 69.8 Å². The maximum absolute atomic E-state index is 13.2. The fourth-order valence-electron chi connectivity index (χ4n) is 4.85. The second-order valence-electron chi connectivity index (χ2n) is 9.12. The molecule has 1 fully saturated rings. The van der Waals surface area contributed by atoms with E-state index in [1.807, 2.05) is 6.07 Å². The monoisotopic (exact) mass is 502 g/mol. The molecule has 1 saturated heterocycles.